The zero-order valence-electron chi connectivity index (χ0n) is 15.0. The van der Waals surface area contributed by atoms with Gasteiger partial charge in [-0.15, -0.1) is 0 Å². The van der Waals surface area contributed by atoms with Gasteiger partial charge in [0.05, 0.1) is 5.56 Å². The van der Waals surface area contributed by atoms with E-state index in [2.05, 4.69) is 0 Å². The van der Waals surface area contributed by atoms with Crippen molar-refractivity contribution in [2.45, 2.75) is 25.4 Å². The second kappa shape index (κ2) is 7.88. The van der Waals surface area contributed by atoms with Crippen LogP contribution in [0.1, 0.15) is 35.2 Å². The lowest BCUT2D eigenvalue weighted by Crippen LogP contribution is -2.52. The molecule has 1 aliphatic heterocycles. The van der Waals surface area contributed by atoms with Gasteiger partial charge in [0.1, 0.15) is 0 Å². The number of amides is 2. The molecule has 148 valence electrons. The summed E-state index contributed by atoms with van der Waals surface area (Å²) >= 11 is 0. The molecular formula is C19H24F3N3O2. The third kappa shape index (κ3) is 4.26. The van der Waals surface area contributed by atoms with Crippen LogP contribution in [-0.2, 0) is 11.0 Å². The van der Waals surface area contributed by atoms with Gasteiger partial charge in [0.2, 0.25) is 5.91 Å². The van der Waals surface area contributed by atoms with Crippen molar-refractivity contribution in [1.29, 1.82) is 0 Å². The van der Waals surface area contributed by atoms with Gasteiger partial charge in [0, 0.05) is 37.7 Å². The number of alkyl halides is 3. The van der Waals surface area contributed by atoms with Crippen molar-refractivity contribution in [1.82, 2.24) is 9.80 Å². The number of hydrogen-bond acceptors (Lipinski definition) is 3. The van der Waals surface area contributed by atoms with E-state index in [1.54, 1.807) is 9.80 Å². The van der Waals surface area contributed by atoms with Gasteiger partial charge >= 0.3 is 6.18 Å². The molecule has 1 heterocycles. The normalized spacial score (nSPS) is 23.6. The molecule has 1 saturated carbocycles. The highest BCUT2D eigenvalue weighted by Crippen LogP contribution is 2.33. The van der Waals surface area contributed by atoms with Gasteiger partial charge in [-0.1, -0.05) is 6.42 Å². The van der Waals surface area contributed by atoms with E-state index >= 15 is 0 Å². The molecule has 8 heteroatoms. The maximum Gasteiger partial charge on any atom is 0.416 e. The number of nitrogens with zero attached hydrogens (tertiary/aromatic N) is 2. The average Bonchev–Trinajstić information content (AvgIpc) is 3.15. The van der Waals surface area contributed by atoms with Crippen molar-refractivity contribution in [3.8, 4) is 0 Å². The maximum atomic E-state index is 12.7. The predicted molar refractivity (Wildman–Crippen MR) is 93.8 cm³/mol. The summed E-state index contributed by atoms with van der Waals surface area (Å²) in [6.07, 6.45) is -1.55. The van der Waals surface area contributed by atoms with Gasteiger partial charge in [-0.2, -0.15) is 13.2 Å². The van der Waals surface area contributed by atoms with Crippen LogP contribution in [0.4, 0.5) is 13.2 Å². The van der Waals surface area contributed by atoms with Crippen molar-refractivity contribution in [2.24, 2.45) is 17.6 Å². The molecule has 2 atom stereocenters. The highest BCUT2D eigenvalue weighted by molar-refractivity contribution is 5.94. The molecule has 27 heavy (non-hydrogen) atoms. The second-order valence-corrected chi connectivity index (χ2v) is 7.23. The Morgan fingerprint density at radius 3 is 2.15 bits per heavy atom. The minimum Gasteiger partial charge on any atom is -0.339 e. The van der Waals surface area contributed by atoms with Crippen molar-refractivity contribution >= 4 is 11.8 Å². The SMILES string of the molecule is NC[C@H]1CCC[C@H]1C(=O)N1CCN(C(=O)c2ccc(C(F)(F)F)cc2)CC1. The topological polar surface area (TPSA) is 66.6 Å². The van der Waals surface area contributed by atoms with Gasteiger partial charge in [-0.05, 0) is 49.6 Å². The van der Waals surface area contributed by atoms with Crippen LogP contribution in [0, 0.1) is 11.8 Å². The Balaban J connectivity index is 1.57. The summed E-state index contributed by atoms with van der Waals surface area (Å²) < 4.78 is 37.9. The molecule has 2 amide bonds. The fraction of sp³-hybridized carbons (Fsp3) is 0.579. The van der Waals surface area contributed by atoms with Gasteiger partial charge in [0.15, 0.2) is 0 Å². The first-order valence-corrected chi connectivity index (χ1v) is 9.26. The van der Waals surface area contributed by atoms with E-state index in [1.165, 1.54) is 12.1 Å². The fourth-order valence-corrected chi connectivity index (χ4v) is 3.99. The molecule has 3 rings (SSSR count). The molecule has 1 aromatic rings. The van der Waals surface area contributed by atoms with E-state index in [0.29, 0.717) is 32.7 Å². The van der Waals surface area contributed by atoms with E-state index in [0.717, 1.165) is 31.4 Å². The van der Waals surface area contributed by atoms with Gasteiger partial charge < -0.3 is 15.5 Å². The van der Waals surface area contributed by atoms with Crippen molar-refractivity contribution in [3.63, 3.8) is 0 Å². The van der Waals surface area contributed by atoms with E-state index in [9.17, 15) is 22.8 Å². The number of carbonyl (C=O) groups excluding carboxylic acids is 2. The summed E-state index contributed by atoms with van der Waals surface area (Å²) in [6, 6.07) is 4.24. The van der Waals surface area contributed by atoms with Gasteiger partial charge in [-0.3, -0.25) is 9.59 Å². The molecule has 0 spiro atoms. The van der Waals surface area contributed by atoms with E-state index < -0.39 is 11.7 Å². The van der Waals surface area contributed by atoms with Crippen LogP contribution >= 0.6 is 0 Å². The van der Waals surface area contributed by atoms with Crippen LogP contribution in [0.5, 0.6) is 0 Å². The minimum atomic E-state index is -4.42. The van der Waals surface area contributed by atoms with Gasteiger partial charge in [0.25, 0.3) is 5.91 Å². The van der Waals surface area contributed by atoms with E-state index in [1.807, 2.05) is 0 Å². The minimum absolute atomic E-state index is 0.0211. The molecule has 0 radical (unpaired) electrons. The number of benzene rings is 1. The van der Waals surface area contributed by atoms with Crippen LogP contribution in [0.2, 0.25) is 0 Å². The lowest BCUT2D eigenvalue weighted by molar-refractivity contribution is -0.138. The first-order valence-electron chi connectivity index (χ1n) is 9.26. The number of rotatable bonds is 3. The molecule has 5 nitrogen and oxygen atoms in total. The highest BCUT2D eigenvalue weighted by Gasteiger charge is 2.36. The quantitative estimate of drug-likeness (QED) is 0.872. The number of nitrogens with two attached hydrogens (primary N) is 1. The number of piperazine rings is 1. The first-order chi connectivity index (χ1) is 12.8. The van der Waals surface area contributed by atoms with Crippen LogP contribution in [0.15, 0.2) is 24.3 Å². The second-order valence-electron chi connectivity index (χ2n) is 7.23. The van der Waals surface area contributed by atoms with Crippen LogP contribution in [0.25, 0.3) is 0 Å². The summed E-state index contributed by atoms with van der Waals surface area (Å²) in [5.74, 6) is 0.0255. The van der Waals surface area contributed by atoms with Crippen LogP contribution in [-0.4, -0.2) is 54.3 Å². The monoisotopic (exact) mass is 383 g/mol. The highest BCUT2D eigenvalue weighted by atomic mass is 19.4. The Morgan fingerprint density at radius 2 is 1.59 bits per heavy atom. The number of halogens is 3. The molecule has 0 aromatic heterocycles. The van der Waals surface area contributed by atoms with E-state index in [4.69, 9.17) is 5.73 Å². The summed E-state index contributed by atoms with van der Waals surface area (Å²) in [6.45, 7) is 2.16. The Hall–Kier alpha value is -2.09. The van der Waals surface area contributed by atoms with Crippen LogP contribution in [0.3, 0.4) is 0 Å². The molecule has 0 bridgehead atoms. The lowest BCUT2D eigenvalue weighted by atomic mass is 9.94. The molecule has 1 saturated heterocycles. The van der Waals surface area contributed by atoms with Crippen molar-refractivity contribution in [2.75, 3.05) is 32.7 Å². The lowest BCUT2D eigenvalue weighted by Gasteiger charge is -2.36. The standard InChI is InChI=1S/C19H24F3N3O2/c20-19(21,22)15-6-4-13(5-7-15)17(26)24-8-10-25(11-9-24)18(27)16-3-1-2-14(16)12-23/h4-7,14,16H,1-3,8-12,23H2/t14-,16-/m1/s1. The summed E-state index contributed by atoms with van der Waals surface area (Å²) in [5.41, 5.74) is 5.21. The maximum absolute atomic E-state index is 12.7. The summed E-state index contributed by atoms with van der Waals surface area (Å²) in [5, 5.41) is 0. The molecule has 2 fully saturated rings. The van der Waals surface area contributed by atoms with Gasteiger partial charge in [-0.25, -0.2) is 0 Å². The zero-order chi connectivity index (χ0) is 19.6. The van der Waals surface area contributed by atoms with Crippen molar-refractivity contribution < 1.29 is 22.8 Å². The Labute approximate surface area is 156 Å². The Morgan fingerprint density at radius 1 is 1.00 bits per heavy atom. The Bertz CT molecular complexity index is 682. The Kier molecular flexibility index (Phi) is 5.74. The van der Waals surface area contributed by atoms with E-state index in [-0.39, 0.29) is 29.2 Å². The molecule has 0 unspecified atom stereocenters. The largest absolute Gasteiger partial charge is 0.416 e. The first kappa shape index (κ1) is 19.7. The third-order valence-electron chi connectivity index (χ3n) is 5.62. The smallest absolute Gasteiger partial charge is 0.339 e. The molecule has 1 aromatic carbocycles. The van der Waals surface area contributed by atoms with Crippen molar-refractivity contribution in [3.05, 3.63) is 35.4 Å². The number of carbonyl (C=O) groups is 2. The zero-order valence-corrected chi connectivity index (χ0v) is 15.0. The fourth-order valence-electron chi connectivity index (χ4n) is 3.99. The number of hydrogen-bond donors (Lipinski definition) is 1. The third-order valence-corrected chi connectivity index (χ3v) is 5.62. The summed E-state index contributed by atoms with van der Waals surface area (Å²) in [7, 11) is 0. The summed E-state index contributed by atoms with van der Waals surface area (Å²) in [4.78, 5) is 28.6. The molecule has 1 aliphatic carbocycles. The average molecular weight is 383 g/mol. The van der Waals surface area contributed by atoms with Crippen LogP contribution < -0.4 is 5.73 Å². The molecule has 2 N–H and O–H groups in total. The predicted octanol–water partition coefficient (Wildman–Crippen LogP) is 2.36. The molecule has 2 aliphatic rings. The molecular weight excluding hydrogens is 359 g/mol.